The lowest BCUT2D eigenvalue weighted by Crippen LogP contribution is -2.31. The second-order valence-electron chi connectivity index (χ2n) is 14.0. The third-order valence-electron chi connectivity index (χ3n) is 11.3. The molecule has 1 nitrogen and oxygen atoms in total. The Balaban J connectivity index is 1.34. The van der Waals surface area contributed by atoms with E-state index in [4.69, 9.17) is 4.42 Å². The average Bonchev–Trinajstić information content (AvgIpc) is 3.58. The Morgan fingerprint density at radius 3 is 1.40 bits per heavy atom. The van der Waals surface area contributed by atoms with Crippen LogP contribution in [0.5, 0.6) is 0 Å². The van der Waals surface area contributed by atoms with Crippen molar-refractivity contribution in [3.05, 3.63) is 216 Å². The maximum Gasteiger partial charge on any atom is 0.143 e. The highest BCUT2D eigenvalue weighted by Crippen LogP contribution is 2.57. The van der Waals surface area contributed by atoms with Gasteiger partial charge in [0.25, 0.3) is 0 Å². The minimum atomic E-state index is -0.613. The van der Waals surface area contributed by atoms with E-state index in [1.807, 2.05) is 0 Å². The minimum Gasteiger partial charge on any atom is -0.455 e. The van der Waals surface area contributed by atoms with Gasteiger partial charge in [-0.3, -0.25) is 0 Å². The van der Waals surface area contributed by atoms with Gasteiger partial charge >= 0.3 is 0 Å². The van der Waals surface area contributed by atoms with Crippen molar-refractivity contribution in [3.8, 4) is 33.4 Å². The molecular weight excluding hydrogens is 629 g/mol. The van der Waals surface area contributed by atoms with Gasteiger partial charge in [0.2, 0.25) is 0 Å². The largest absolute Gasteiger partial charge is 0.455 e. The van der Waals surface area contributed by atoms with E-state index >= 15 is 0 Å². The SMILES string of the molecule is c1ccc(C2(c3ccccc3)c3ccccc3-c3ccc(-c4ccc5ccccc5c4)c4oc5c(-c6ccc7ccccc7c6)ccc2c5c34)cc1. The fourth-order valence-corrected chi connectivity index (χ4v) is 9.04. The van der Waals surface area contributed by atoms with Crippen LogP contribution in [0.1, 0.15) is 22.3 Å². The second kappa shape index (κ2) is 11.2. The van der Waals surface area contributed by atoms with Crippen LogP contribution in [0.4, 0.5) is 0 Å². The molecule has 11 rings (SSSR count). The molecule has 0 spiro atoms. The molecule has 0 atom stereocenters. The van der Waals surface area contributed by atoms with E-state index in [1.54, 1.807) is 0 Å². The normalized spacial score (nSPS) is 13.2. The van der Waals surface area contributed by atoms with E-state index in [1.165, 1.54) is 65.7 Å². The Morgan fingerprint density at radius 2 is 0.788 bits per heavy atom. The summed E-state index contributed by atoms with van der Waals surface area (Å²) in [4.78, 5) is 0. The predicted molar refractivity (Wildman–Crippen MR) is 217 cm³/mol. The van der Waals surface area contributed by atoms with E-state index in [2.05, 4.69) is 194 Å². The highest BCUT2D eigenvalue weighted by atomic mass is 16.3. The van der Waals surface area contributed by atoms with Crippen molar-refractivity contribution in [1.29, 1.82) is 0 Å². The average molecular weight is 661 g/mol. The molecule has 1 heterocycles. The molecule has 0 fully saturated rings. The molecule has 0 aliphatic heterocycles. The van der Waals surface area contributed by atoms with Gasteiger partial charge in [-0.25, -0.2) is 0 Å². The molecule has 0 saturated carbocycles. The molecule has 0 unspecified atom stereocenters. The fourth-order valence-electron chi connectivity index (χ4n) is 9.04. The number of hydrogen-bond donors (Lipinski definition) is 0. The fraction of sp³-hybridized carbons (Fsp3) is 0.0196. The van der Waals surface area contributed by atoms with Crippen LogP contribution < -0.4 is 0 Å². The van der Waals surface area contributed by atoms with E-state index in [-0.39, 0.29) is 0 Å². The van der Waals surface area contributed by atoms with E-state index in [9.17, 15) is 0 Å². The minimum absolute atomic E-state index is 0.613. The molecule has 10 aromatic rings. The monoisotopic (exact) mass is 660 g/mol. The Hall–Kier alpha value is -6.70. The molecule has 0 N–H and O–H groups in total. The molecule has 242 valence electrons. The summed E-state index contributed by atoms with van der Waals surface area (Å²) in [5.41, 5.74) is 13.1. The summed E-state index contributed by atoms with van der Waals surface area (Å²) in [6.07, 6.45) is 0. The smallest absolute Gasteiger partial charge is 0.143 e. The van der Waals surface area contributed by atoms with E-state index in [0.29, 0.717) is 0 Å². The van der Waals surface area contributed by atoms with Gasteiger partial charge in [-0.15, -0.1) is 0 Å². The summed E-state index contributed by atoms with van der Waals surface area (Å²) in [6.45, 7) is 0. The van der Waals surface area contributed by atoms with Crippen LogP contribution in [0.25, 0.3) is 76.9 Å². The van der Waals surface area contributed by atoms with Gasteiger partial charge in [0.1, 0.15) is 11.2 Å². The molecular formula is C51H32O. The topological polar surface area (TPSA) is 13.1 Å². The standard InChI is InChI=1S/C51H32O/c1-3-17-39(18-4-1)51(40-19-5-2-6-20-40)45-22-12-11-21-43(45)44-28-27-41(37-25-23-33-13-7-9-15-35(33)31-37)49-47(44)48-46(51)30-29-42(50(48)52-49)38-26-24-34-14-8-10-16-36(34)32-38/h1-32H. The molecule has 0 radical (unpaired) electrons. The predicted octanol–water partition coefficient (Wildman–Crippen LogP) is 13.6. The van der Waals surface area contributed by atoms with Crippen molar-refractivity contribution in [2.45, 2.75) is 5.41 Å². The number of hydrogen-bond acceptors (Lipinski definition) is 1. The van der Waals surface area contributed by atoms with Crippen LogP contribution in [0.3, 0.4) is 0 Å². The Labute approximate surface area is 302 Å². The maximum atomic E-state index is 7.39. The number of rotatable bonds is 4. The summed E-state index contributed by atoms with van der Waals surface area (Å²) >= 11 is 0. The maximum absolute atomic E-state index is 7.39. The van der Waals surface area contributed by atoms with Crippen LogP contribution in [0, 0.1) is 0 Å². The third-order valence-corrected chi connectivity index (χ3v) is 11.3. The summed E-state index contributed by atoms with van der Waals surface area (Å²) in [7, 11) is 0. The van der Waals surface area contributed by atoms with E-state index in [0.717, 1.165) is 33.4 Å². The highest BCUT2D eigenvalue weighted by Gasteiger charge is 2.44. The van der Waals surface area contributed by atoms with Crippen LogP contribution in [-0.2, 0) is 5.41 Å². The van der Waals surface area contributed by atoms with Crippen molar-refractivity contribution < 1.29 is 4.42 Å². The quantitative estimate of drug-likeness (QED) is 0.183. The first-order valence-electron chi connectivity index (χ1n) is 18.0. The zero-order valence-corrected chi connectivity index (χ0v) is 28.4. The molecule has 0 saturated heterocycles. The summed E-state index contributed by atoms with van der Waals surface area (Å²) in [6, 6.07) is 71.1. The van der Waals surface area contributed by atoms with Gasteiger partial charge in [0, 0.05) is 21.9 Å². The number of benzene rings is 9. The molecule has 1 aromatic heterocycles. The lowest BCUT2D eigenvalue weighted by Gasteiger charge is -2.37. The van der Waals surface area contributed by atoms with Crippen LogP contribution >= 0.6 is 0 Å². The Kier molecular flexibility index (Phi) is 6.23. The highest BCUT2D eigenvalue weighted by molar-refractivity contribution is 6.22. The zero-order valence-electron chi connectivity index (χ0n) is 28.4. The van der Waals surface area contributed by atoms with Crippen LogP contribution in [0.15, 0.2) is 199 Å². The summed E-state index contributed by atoms with van der Waals surface area (Å²) < 4.78 is 7.39. The first-order chi connectivity index (χ1) is 25.8. The van der Waals surface area contributed by atoms with Crippen LogP contribution in [0.2, 0.25) is 0 Å². The summed E-state index contributed by atoms with van der Waals surface area (Å²) in [5, 5.41) is 7.22. The first kappa shape index (κ1) is 29.1. The van der Waals surface area contributed by atoms with Crippen molar-refractivity contribution >= 4 is 43.5 Å². The molecule has 1 heteroatoms. The molecule has 52 heavy (non-hydrogen) atoms. The lowest BCUT2D eigenvalue weighted by molar-refractivity contribution is 0.669. The van der Waals surface area contributed by atoms with Gasteiger partial charge in [0.05, 0.1) is 5.41 Å². The van der Waals surface area contributed by atoms with Gasteiger partial charge in [-0.1, -0.05) is 176 Å². The first-order valence-corrected chi connectivity index (χ1v) is 18.0. The number of fused-ring (bicyclic) bond motifs is 4. The van der Waals surface area contributed by atoms with Gasteiger partial charge in [0.15, 0.2) is 0 Å². The van der Waals surface area contributed by atoms with Crippen molar-refractivity contribution in [1.82, 2.24) is 0 Å². The van der Waals surface area contributed by atoms with Crippen molar-refractivity contribution in [2.24, 2.45) is 0 Å². The molecule has 1 aliphatic rings. The second-order valence-corrected chi connectivity index (χ2v) is 14.0. The molecule has 9 aromatic carbocycles. The van der Waals surface area contributed by atoms with Gasteiger partial charge < -0.3 is 4.42 Å². The third kappa shape index (κ3) is 4.05. The molecule has 0 amide bonds. The summed E-state index contributed by atoms with van der Waals surface area (Å²) in [5.74, 6) is 0. The Bertz CT molecular complexity index is 2960. The van der Waals surface area contributed by atoms with E-state index < -0.39 is 5.41 Å². The molecule has 0 bridgehead atoms. The van der Waals surface area contributed by atoms with Gasteiger partial charge in [-0.05, 0) is 84.3 Å². The van der Waals surface area contributed by atoms with Crippen LogP contribution in [-0.4, -0.2) is 0 Å². The number of furan rings is 1. The molecule has 1 aliphatic carbocycles. The lowest BCUT2D eigenvalue weighted by atomic mass is 9.63. The zero-order chi connectivity index (χ0) is 34.2. The Morgan fingerprint density at radius 1 is 0.308 bits per heavy atom. The van der Waals surface area contributed by atoms with Gasteiger partial charge in [-0.2, -0.15) is 0 Å². The van der Waals surface area contributed by atoms with Crippen molar-refractivity contribution in [3.63, 3.8) is 0 Å². The van der Waals surface area contributed by atoms with Crippen molar-refractivity contribution in [2.75, 3.05) is 0 Å².